The maximum absolute atomic E-state index is 13.2. The third-order valence-corrected chi connectivity index (χ3v) is 1.95. The number of nitrogens with one attached hydrogen (secondary N) is 1. The van der Waals surface area contributed by atoms with Gasteiger partial charge in [-0.05, 0) is 12.1 Å². The fraction of sp³-hybridized carbons (Fsp3) is 0.111. The van der Waals surface area contributed by atoms with Crippen molar-refractivity contribution in [2.75, 3.05) is 0 Å². The van der Waals surface area contributed by atoms with Gasteiger partial charge in [0.05, 0.1) is 0 Å². The van der Waals surface area contributed by atoms with E-state index in [4.69, 9.17) is 23.9 Å². The summed E-state index contributed by atoms with van der Waals surface area (Å²) in [5.74, 6) is 6.96. The zero-order chi connectivity index (χ0) is 9.84. The maximum atomic E-state index is 13.2. The summed E-state index contributed by atoms with van der Waals surface area (Å²) < 4.78 is 13.2. The van der Waals surface area contributed by atoms with Gasteiger partial charge in [0, 0.05) is 10.6 Å². The minimum atomic E-state index is -0.700. The number of nitrogens with two attached hydrogens (primary N) is 1. The molecule has 3 N–H and O–H groups in total. The molecule has 1 aromatic rings. The number of hydrazine groups is 1. The summed E-state index contributed by atoms with van der Waals surface area (Å²) >= 11 is 5.75. The molecule has 0 bridgehead atoms. The van der Waals surface area contributed by atoms with Gasteiger partial charge in [0.1, 0.15) is 11.9 Å². The molecule has 0 saturated carbocycles. The highest BCUT2D eigenvalue weighted by molar-refractivity contribution is 6.31. The van der Waals surface area contributed by atoms with Gasteiger partial charge in [-0.2, -0.15) is 0 Å². The van der Waals surface area contributed by atoms with E-state index in [1.807, 2.05) is 0 Å². The number of hydrogen-bond donors (Lipinski definition) is 2. The molecule has 68 valence electrons. The molecule has 0 aromatic heterocycles. The van der Waals surface area contributed by atoms with E-state index in [1.54, 1.807) is 6.07 Å². The molecular formula is C9H8ClFN2. The Morgan fingerprint density at radius 1 is 1.62 bits per heavy atom. The van der Waals surface area contributed by atoms with Crippen LogP contribution in [0.25, 0.3) is 0 Å². The smallest absolute Gasteiger partial charge is 0.130 e. The van der Waals surface area contributed by atoms with Crippen molar-refractivity contribution in [2.24, 2.45) is 5.84 Å². The summed E-state index contributed by atoms with van der Waals surface area (Å²) in [5.41, 5.74) is 2.49. The minimum Gasteiger partial charge on any atom is -0.270 e. The molecule has 0 fully saturated rings. The number of terminal acetylenes is 1. The van der Waals surface area contributed by atoms with Crippen LogP contribution in [-0.4, -0.2) is 0 Å². The van der Waals surface area contributed by atoms with Crippen LogP contribution in [0.2, 0.25) is 5.02 Å². The number of hydrogen-bond acceptors (Lipinski definition) is 2. The molecule has 0 spiro atoms. The Morgan fingerprint density at radius 2 is 2.31 bits per heavy atom. The van der Waals surface area contributed by atoms with Gasteiger partial charge in [0.25, 0.3) is 0 Å². The fourth-order valence-corrected chi connectivity index (χ4v) is 1.27. The summed E-state index contributed by atoms with van der Waals surface area (Å²) in [6.45, 7) is 0. The second-order valence-electron chi connectivity index (χ2n) is 2.40. The lowest BCUT2D eigenvalue weighted by Gasteiger charge is -2.11. The van der Waals surface area contributed by atoms with Gasteiger partial charge in [-0.15, -0.1) is 6.42 Å². The Bertz CT molecular complexity index is 326. The fourth-order valence-electron chi connectivity index (χ4n) is 1.00. The van der Waals surface area contributed by atoms with Crippen molar-refractivity contribution in [3.63, 3.8) is 0 Å². The molecular weight excluding hydrogens is 191 g/mol. The Kier molecular flexibility index (Phi) is 3.26. The quantitative estimate of drug-likeness (QED) is 0.431. The summed E-state index contributed by atoms with van der Waals surface area (Å²) in [6.07, 6.45) is 5.14. The van der Waals surface area contributed by atoms with E-state index in [-0.39, 0.29) is 10.6 Å². The van der Waals surface area contributed by atoms with Gasteiger partial charge < -0.3 is 0 Å². The van der Waals surface area contributed by atoms with Crippen molar-refractivity contribution >= 4 is 11.6 Å². The van der Waals surface area contributed by atoms with Gasteiger partial charge in [0.2, 0.25) is 0 Å². The van der Waals surface area contributed by atoms with E-state index in [2.05, 4.69) is 11.3 Å². The van der Waals surface area contributed by atoms with Crippen molar-refractivity contribution in [1.82, 2.24) is 5.43 Å². The van der Waals surface area contributed by atoms with Crippen molar-refractivity contribution in [3.8, 4) is 12.3 Å². The van der Waals surface area contributed by atoms with Crippen LogP contribution in [0.1, 0.15) is 11.6 Å². The second kappa shape index (κ2) is 4.24. The van der Waals surface area contributed by atoms with Gasteiger partial charge in [-0.25, -0.2) is 9.82 Å². The Labute approximate surface area is 80.9 Å². The predicted octanol–water partition coefficient (Wildman–Crippen LogP) is 1.62. The SMILES string of the molecule is C#CC(NN)c1c(F)cccc1Cl. The zero-order valence-electron chi connectivity index (χ0n) is 6.72. The standard InChI is InChI=1S/C9H8ClFN2/c1-2-8(13-12)9-6(10)4-3-5-7(9)11/h1,3-5,8,13H,12H2. The number of halogens is 2. The Morgan fingerprint density at radius 3 is 2.77 bits per heavy atom. The molecule has 1 rings (SSSR count). The van der Waals surface area contributed by atoms with Crippen LogP contribution in [-0.2, 0) is 0 Å². The number of rotatable bonds is 2. The monoisotopic (exact) mass is 198 g/mol. The highest BCUT2D eigenvalue weighted by Gasteiger charge is 2.14. The second-order valence-corrected chi connectivity index (χ2v) is 2.81. The molecule has 1 atom stereocenters. The van der Waals surface area contributed by atoms with E-state index in [0.717, 1.165) is 0 Å². The Hall–Kier alpha value is -1.08. The lowest BCUT2D eigenvalue weighted by atomic mass is 10.1. The molecule has 1 aromatic carbocycles. The summed E-state index contributed by atoms with van der Waals surface area (Å²) in [7, 11) is 0. The first-order chi connectivity index (χ1) is 6.20. The zero-order valence-corrected chi connectivity index (χ0v) is 7.48. The highest BCUT2D eigenvalue weighted by Crippen LogP contribution is 2.24. The van der Waals surface area contributed by atoms with Gasteiger partial charge >= 0.3 is 0 Å². The first-order valence-electron chi connectivity index (χ1n) is 3.57. The van der Waals surface area contributed by atoms with E-state index in [0.29, 0.717) is 0 Å². The highest BCUT2D eigenvalue weighted by atomic mass is 35.5. The van der Waals surface area contributed by atoms with Gasteiger partial charge in [0.15, 0.2) is 0 Å². The van der Waals surface area contributed by atoms with Crippen molar-refractivity contribution < 1.29 is 4.39 Å². The average Bonchev–Trinajstić information content (AvgIpc) is 2.11. The first kappa shape index (κ1) is 10.0. The minimum absolute atomic E-state index is 0.203. The molecule has 0 aliphatic rings. The lowest BCUT2D eigenvalue weighted by Crippen LogP contribution is -2.27. The first-order valence-corrected chi connectivity index (χ1v) is 3.94. The van der Waals surface area contributed by atoms with Gasteiger partial charge in [-0.3, -0.25) is 5.84 Å². The molecule has 0 radical (unpaired) electrons. The summed E-state index contributed by atoms with van der Waals surface area (Å²) in [4.78, 5) is 0. The van der Waals surface area contributed by atoms with Crippen LogP contribution >= 0.6 is 11.6 Å². The molecule has 2 nitrogen and oxygen atoms in total. The van der Waals surface area contributed by atoms with Crippen LogP contribution < -0.4 is 11.3 Å². The molecule has 4 heteroatoms. The third-order valence-electron chi connectivity index (χ3n) is 1.62. The molecule has 0 amide bonds. The van der Waals surface area contributed by atoms with E-state index in [9.17, 15) is 4.39 Å². The number of benzene rings is 1. The van der Waals surface area contributed by atoms with E-state index in [1.165, 1.54) is 12.1 Å². The Balaban J connectivity index is 3.20. The van der Waals surface area contributed by atoms with Crippen LogP contribution in [0.5, 0.6) is 0 Å². The van der Waals surface area contributed by atoms with Crippen LogP contribution in [0.3, 0.4) is 0 Å². The van der Waals surface area contributed by atoms with Crippen LogP contribution in [0, 0.1) is 18.2 Å². The average molecular weight is 199 g/mol. The molecule has 0 heterocycles. The van der Waals surface area contributed by atoms with Crippen molar-refractivity contribution in [3.05, 3.63) is 34.6 Å². The third kappa shape index (κ3) is 1.99. The summed E-state index contributed by atoms with van der Waals surface area (Å²) in [6, 6.07) is 3.64. The largest absolute Gasteiger partial charge is 0.270 e. The van der Waals surface area contributed by atoms with Crippen LogP contribution in [0.4, 0.5) is 4.39 Å². The normalized spacial score (nSPS) is 12.2. The molecule has 1 unspecified atom stereocenters. The molecule has 0 aliphatic heterocycles. The summed E-state index contributed by atoms with van der Waals surface area (Å²) in [5, 5.41) is 0.265. The maximum Gasteiger partial charge on any atom is 0.130 e. The lowest BCUT2D eigenvalue weighted by molar-refractivity contribution is 0.575. The van der Waals surface area contributed by atoms with Crippen molar-refractivity contribution in [1.29, 1.82) is 0 Å². The molecule has 0 saturated heterocycles. The van der Waals surface area contributed by atoms with E-state index >= 15 is 0 Å². The topological polar surface area (TPSA) is 38.0 Å². The van der Waals surface area contributed by atoms with E-state index < -0.39 is 11.9 Å². The molecule has 0 aliphatic carbocycles. The van der Waals surface area contributed by atoms with Crippen LogP contribution in [0.15, 0.2) is 18.2 Å². The van der Waals surface area contributed by atoms with Crippen molar-refractivity contribution in [2.45, 2.75) is 6.04 Å². The predicted molar refractivity (Wildman–Crippen MR) is 50.3 cm³/mol. The van der Waals surface area contributed by atoms with Gasteiger partial charge in [-0.1, -0.05) is 23.6 Å². The molecule has 13 heavy (non-hydrogen) atoms.